The van der Waals surface area contributed by atoms with E-state index in [-0.39, 0.29) is 11.5 Å². The number of carboxylic acids is 1. The van der Waals surface area contributed by atoms with Gasteiger partial charge in [0.15, 0.2) is 0 Å². The molecule has 0 bridgehead atoms. The first-order valence-corrected chi connectivity index (χ1v) is 8.71. The number of nitrogens with zero attached hydrogens (tertiary/aromatic N) is 2. The fraction of sp³-hybridized carbons (Fsp3) is 0.882. The molecule has 0 radical (unpaired) electrons. The number of piperidine rings is 1. The van der Waals surface area contributed by atoms with Crippen molar-refractivity contribution >= 4 is 12.2 Å². The first kappa shape index (κ1) is 16.3. The zero-order valence-corrected chi connectivity index (χ0v) is 13.4. The second-order valence-electron chi connectivity index (χ2n) is 6.68. The summed E-state index contributed by atoms with van der Waals surface area (Å²) in [6.07, 6.45) is 14.5. The molecule has 0 aromatic rings. The van der Waals surface area contributed by atoms with Gasteiger partial charge in [-0.3, -0.25) is 9.80 Å². The van der Waals surface area contributed by atoms with E-state index >= 15 is 0 Å². The summed E-state index contributed by atoms with van der Waals surface area (Å²) in [6.45, 7) is 3.07. The van der Waals surface area contributed by atoms with Gasteiger partial charge in [-0.25, -0.2) is 0 Å². The van der Waals surface area contributed by atoms with Crippen molar-refractivity contribution in [2.75, 3.05) is 6.54 Å². The third-order valence-electron chi connectivity index (χ3n) is 5.29. The molecule has 21 heavy (non-hydrogen) atoms. The van der Waals surface area contributed by atoms with Crippen LogP contribution >= 0.6 is 0 Å². The summed E-state index contributed by atoms with van der Waals surface area (Å²) in [5, 5.41) is 16.2. The molecule has 2 atom stereocenters. The normalized spacial score (nSPS) is 27.0. The van der Waals surface area contributed by atoms with E-state index in [0.717, 1.165) is 38.6 Å². The number of hydrogen-bond donors (Lipinski definition) is 1. The maximum atomic E-state index is 11.1. The number of rotatable bonds is 7. The van der Waals surface area contributed by atoms with Crippen LogP contribution in [0, 0.1) is 5.92 Å². The second kappa shape index (κ2) is 7.81. The average molecular weight is 294 g/mol. The first-order chi connectivity index (χ1) is 10.2. The number of unbranched alkanes of at least 4 members (excludes halogenated alkanes) is 1. The van der Waals surface area contributed by atoms with Crippen LogP contribution in [0.3, 0.4) is 0 Å². The molecule has 2 aliphatic heterocycles. The number of aliphatic carboxylic acids is 1. The van der Waals surface area contributed by atoms with E-state index in [1.807, 2.05) is 6.92 Å². The van der Waals surface area contributed by atoms with Gasteiger partial charge in [0.1, 0.15) is 0 Å². The minimum absolute atomic E-state index is 0.155. The molecule has 0 spiro atoms. The van der Waals surface area contributed by atoms with Crippen LogP contribution in [0.1, 0.15) is 77.6 Å². The fourth-order valence-corrected chi connectivity index (χ4v) is 3.92. The van der Waals surface area contributed by atoms with Gasteiger partial charge in [0.2, 0.25) is 0 Å². The zero-order valence-electron chi connectivity index (χ0n) is 13.4. The summed E-state index contributed by atoms with van der Waals surface area (Å²) in [6, 6.07) is 0. The molecule has 2 rings (SSSR count). The van der Waals surface area contributed by atoms with Gasteiger partial charge in [-0.2, -0.15) is 5.10 Å². The number of hydrogen-bond acceptors (Lipinski definition) is 3. The monoisotopic (exact) mass is 294 g/mol. The van der Waals surface area contributed by atoms with Gasteiger partial charge in [0, 0.05) is 12.8 Å². The Hall–Kier alpha value is -1.06. The Morgan fingerprint density at radius 2 is 2.14 bits per heavy atom. The maximum Gasteiger partial charge on any atom is 0.306 e. The van der Waals surface area contributed by atoms with Crippen LogP contribution in [0.2, 0.25) is 0 Å². The molecular weight excluding hydrogens is 264 g/mol. The lowest BCUT2D eigenvalue weighted by atomic mass is 9.79. The Morgan fingerprint density at radius 3 is 2.90 bits per heavy atom. The molecule has 1 saturated heterocycles. The van der Waals surface area contributed by atoms with Crippen molar-refractivity contribution in [3.8, 4) is 0 Å². The van der Waals surface area contributed by atoms with Crippen LogP contribution in [0.25, 0.3) is 0 Å². The highest BCUT2D eigenvalue weighted by Gasteiger charge is 2.38. The van der Waals surface area contributed by atoms with Crippen LogP contribution in [-0.2, 0) is 4.79 Å². The molecule has 0 aliphatic carbocycles. The highest BCUT2D eigenvalue weighted by molar-refractivity contribution is 5.69. The summed E-state index contributed by atoms with van der Waals surface area (Å²) in [5.41, 5.74) is 0.274. The van der Waals surface area contributed by atoms with E-state index in [1.54, 1.807) is 0 Å². The van der Waals surface area contributed by atoms with E-state index in [0.29, 0.717) is 0 Å². The lowest BCUT2D eigenvalue weighted by Gasteiger charge is -2.45. The third-order valence-corrected chi connectivity index (χ3v) is 5.29. The predicted molar refractivity (Wildman–Crippen MR) is 85.5 cm³/mol. The third kappa shape index (κ3) is 4.21. The molecule has 120 valence electrons. The van der Waals surface area contributed by atoms with Crippen molar-refractivity contribution in [1.29, 1.82) is 0 Å². The zero-order chi connectivity index (χ0) is 15.1. The van der Waals surface area contributed by atoms with E-state index in [9.17, 15) is 4.79 Å². The Balaban J connectivity index is 1.84. The Labute approximate surface area is 128 Å². The number of fused-ring (bicyclic) bond motifs is 1. The molecule has 4 heteroatoms. The summed E-state index contributed by atoms with van der Waals surface area (Å²) < 4.78 is 0. The number of carbonyl (C=O) groups is 1. The average Bonchev–Trinajstić information content (AvgIpc) is 2.69. The Bertz CT molecular complexity index is 370. The molecule has 1 fully saturated rings. The standard InChI is InChI=1S/C17H30N2O2/c1-2-15(16(20)21)9-3-4-10-17-11-5-7-13-18-19(17)14-8-6-12-17/h13,15H,2-12,14H2,1H3,(H,20,21). The molecule has 0 saturated carbocycles. The Kier molecular flexibility index (Phi) is 6.07. The summed E-state index contributed by atoms with van der Waals surface area (Å²) in [4.78, 5) is 11.1. The van der Waals surface area contributed by atoms with Crippen LogP contribution in [0.4, 0.5) is 0 Å². The smallest absolute Gasteiger partial charge is 0.306 e. The van der Waals surface area contributed by atoms with Crippen LogP contribution < -0.4 is 0 Å². The van der Waals surface area contributed by atoms with Crippen molar-refractivity contribution in [3.63, 3.8) is 0 Å². The van der Waals surface area contributed by atoms with Crippen LogP contribution in [0.5, 0.6) is 0 Å². The summed E-state index contributed by atoms with van der Waals surface area (Å²) in [7, 11) is 0. The summed E-state index contributed by atoms with van der Waals surface area (Å²) in [5.74, 6) is -0.786. The molecule has 0 aromatic heterocycles. The van der Waals surface area contributed by atoms with E-state index in [1.165, 1.54) is 38.5 Å². The van der Waals surface area contributed by atoms with Crippen LogP contribution in [0.15, 0.2) is 5.10 Å². The van der Waals surface area contributed by atoms with Crippen molar-refractivity contribution in [2.24, 2.45) is 11.0 Å². The summed E-state index contributed by atoms with van der Waals surface area (Å²) >= 11 is 0. The van der Waals surface area contributed by atoms with E-state index in [2.05, 4.69) is 16.3 Å². The number of hydrazone groups is 1. The molecule has 2 aliphatic rings. The molecule has 1 N–H and O–H groups in total. The predicted octanol–water partition coefficient (Wildman–Crippen LogP) is 4.05. The number of carboxylic acid groups (broad SMARTS) is 1. The van der Waals surface area contributed by atoms with Crippen molar-refractivity contribution < 1.29 is 9.90 Å². The van der Waals surface area contributed by atoms with Gasteiger partial charge in [0.05, 0.1) is 11.5 Å². The fourth-order valence-electron chi connectivity index (χ4n) is 3.92. The van der Waals surface area contributed by atoms with Gasteiger partial charge in [0.25, 0.3) is 0 Å². The molecule has 4 nitrogen and oxygen atoms in total. The van der Waals surface area contributed by atoms with E-state index in [4.69, 9.17) is 5.11 Å². The topological polar surface area (TPSA) is 52.9 Å². The highest BCUT2D eigenvalue weighted by Crippen LogP contribution is 2.38. The highest BCUT2D eigenvalue weighted by atomic mass is 16.4. The van der Waals surface area contributed by atoms with Gasteiger partial charge in [-0.15, -0.1) is 0 Å². The lowest BCUT2D eigenvalue weighted by molar-refractivity contribution is -0.142. The maximum absolute atomic E-state index is 11.1. The van der Waals surface area contributed by atoms with Crippen molar-refractivity contribution in [3.05, 3.63) is 0 Å². The lowest BCUT2D eigenvalue weighted by Crippen LogP contribution is -2.48. The quantitative estimate of drug-likeness (QED) is 0.721. The first-order valence-electron chi connectivity index (χ1n) is 8.71. The van der Waals surface area contributed by atoms with Gasteiger partial charge in [-0.05, 0) is 57.8 Å². The Morgan fingerprint density at radius 1 is 1.33 bits per heavy atom. The van der Waals surface area contributed by atoms with Crippen molar-refractivity contribution in [2.45, 2.75) is 83.1 Å². The van der Waals surface area contributed by atoms with Crippen molar-refractivity contribution in [1.82, 2.24) is 5.01 Å². The molecule has 2 unspecified atom stereocenters. The molecular formula is C17H30N2O2. The molecule has 0 amide bonds. The van der Waals surface area contributed by atoms with Gasteiger partial charge >= 0.3 is 5.97 Å². The van der Waals surface area contributed by atoms with Gasteiger partial charge < -0.3 is 5.11 Å². The SMILES string of the molecule is CCC(CCCCC12CCCC=NN1CCCC2)C(=O)O. The van der Waals surface area contributed by atoms with E-state index < -0.39 is 5.97 Å². The largest absolute Gasteiger partial charge is 0.481 e. The molecule has 0 aromatic carbocycles. The second-order valence-corrected chi connectivity index (χ2v) is 6.68. The van der Waals surface area contributed by atoms with Gasteiger partial charge in [-0.1, -0.05) is 19.8 Å². The molecule has 2 heterocycles. The van der Waals surface area contributed by atoms with Crippen LogP contribution in [-0.4, -0.2) is 34.4 Å². The minimum atomic E-state index is -0.631. The minimum Gasteiger partial charge on any atom is -0.481 e.